The van der Waals surface area contributed by atoms with E-state index in [1.54, 1.807) is 45.0 Å². The van der Waals surface area contributed by atoms with Crippen molar-refractivity contribution in [1.82, 2.24) is 0 Å². The molecule has 1 N–H and O–H groups in total. The van der Waals surface area contributed by atoms with Crippen LogP contribution in [-0.2, 0) is 4.74 Å². The van der Waals surface area contributed by atoms with Crippen LogP contribution in [0.5, 0.6) is 5.75 Å². The molecule has 5 nitrogen and oxygen atoms in total. The number of hydrogen-bond donors (Lipinski definition) is 1. The van der Waals surface area contributed by atoms with Gasteiger partial charge in [-0.25, -0.2) is 9.59 Å². The highest BCUT2D eigenvalue weighted by molar-refractivity contribution is 6.08. The third kappa shape index (κ3) is 2.77. The monoisotopic (exact) mass is 312 g/mol. The minimum Gasteiger partial charge on any atom is -0.507 e. The van der Waals surface area contributed by atoms with E-state index in [9.17, 15) is 14.7 Å². The maximum Gasteiger partial charge on any atom is 0.344 e. The average Bonchev–Trinajstić information content (AvgIpc) is 2.45. The predicted octanol–water partition coefficient (Wildman–Crippen LogP) is 3.61. The van der Waals surface area contributed by atoms with Gasteiger partial charge in [0.05, 0.1) is 5.39 Å². The van der Waals surface area contributed by atoms with E-state index in [0.29, 0.717) is 16.4 Å². The van der Waals surface area contributed by atoms with E-state index in [-0.39, 0.29) is 16.7 Å². The van der Waals surface area contributed by atoms with Gasteiger partial charge in [-0.15, -0.1) is 0 Å². The third-order valence-electron chi connectivity index (χ3n) is 3.35. The Morgan fingerprint density at radius 2 is 1.78 bits per heavy atom. The molecule has 2 aromatic carbocycles. The number of ether oxygens (including phenoxy) is 1. The summed E-state index contributed by atoms with van der Waals surface area (Å²) in [7, 11) is 0. The van der Waals surface area contributed by atoms with Crippen LogP contribution in [0.2, 0.25) is 0 Å². The molecule has 23 heavy (non-hydrogen) atoms. The highest BCUT2D eigenvalue weighted by Gasteiger charge is 2.22. The minimum absolute atomic E-state index is 0.0602. The van der Waals surface area contributed by atoms with Crippen LogP contribution in [0, 0.1) is 0 Å². The van der Waals surface area contributed by atoms with E-state index in [2.05, 4.69) is 0 Å². The van der Waals surface area contributed by atoms with Crippen molar-refractivity contribution < 1.29 is 19.1 Å². The van der Waals surface area contributed by atoms with E-state index in [0.717, 1.165) is 0 Å². The third-order valence-corrected chi connectivity index (χ3v) is 3.35. The van der Waals surface area contributed by atoms with Gasteiger partial charge in [0.2, 0.25) is 0 Å². The fraction of sp³-hybridized carbons (Fsp3) is 0.222. The predicted molar refractivity (Wildman–Crippen MR) is 86.8 cm³/mol. The molecular formula is C18H16O5. The number of carbonyl (C=O) groups excluding carboxylic acids is 1. The first-order chi connectivity index (χ1) is 10.8. The highest BCUT2D eigenvalue weighted by Crippen LogP contribution is 2.30. The zero-order valence-electron chi connectivity index (χ0n) is 13.0. The SMILES string of the molecule is CC(C)(C)OC(=O)c1cc2c(=O)oc3ccccc3c2cc1O. The second kappa shape index (κ2) is 5.12. The van der Waals surface area contributed by atoms with E-state index in [1.807, 2.05) is 0 Å². The van der Waals surface area contributed by atoms with Crippen molar-refractivity contribution in [3.05, 3.63) is 52.4 Å². The molecule has 1 aromatic heterocycles. The summed E-state index contributed by atoms with van der Waals surface area (Å²) in [6, 6.07) is 9.74. The molecule has 0 spiro atoms. The number of fused-ring (bicyclic) bond motifs is 3. The summed E-state index contributed by atoms with van der Waals surface area (Å²) >= 11 is 0. The Balaban J connectivity index is 2.27. The molecule has 3 rings (SSSR count). The van der Waals surface area contributed by atoms with Crippen LogP contribution in [0.25, 0.3) is 21.7 Å². The number of esters is 1. The summed E-state index contributed by atoms with van der Waals surface area (Å²) in [5, 5.41) is 11.6. The maximum absolute atomic E-state index is 12.2. The molecule has 0 aliphatic carbocycles. The zero-order valence-corrected chi connectivity index (χ0v) is 13.0. The van der Waals surface area contributed by atoms with E-state index < -0.39 is 17.2 Å². The van der Waals surface area contributed by atoms with Crippen LogP contribution >= 0.6 is 0 Å². The fourth-order valence-corrected chi connectivity index (χ4v) is 2.41. The number of phenols is 1. The summed E-state index contributed by atoms with van der Waals surface area (Å²) in [4.78, 5) is 24.3. The van der Waals surface area contributed by atoms with Crippen molar-refractivity contribution in [3.8, 4) is 5.75 Å². The molecule has 0 amide bonds. The lowest BCUT2D eigenvalue weighted by atomic mass is 10.0. The van der Waals surface area contributed by atoms with Crippen molar-refractivity contribution in [3.63, 3.8) is 0 Å². The smallest absolute Gasteiger partial charge is 0.344 e. The standard InChI is InChI=1S/C18H16O5/c1-18(2,3)23-17(21)13-8-12-11(9-14(13)19)10-6-4-5-7-15(10)22-16(12)20/h4-9,19H,1-3H3. The molecule has 0 saturated heterocycles. The lowest BCUT2D eigenvalue weighted by Crippen LogP contribution is -2.24. The molecule has 0 atom stereocenters. The maximum atomic E-state index is 12.2. The molecule has 0 aliphatic rings. The largest absolute Gasteiger partial charge is 0.507 e. The Hall–Kier alpha value is -2.82. The van der Waals surface area contributed by atoms with E-state index in [4.69, 9.17) is 9.15 Å². The van der Waals surface area contributed by atoms with Gasteiger partial charge < -0.3 is 14.3 Å². The van der Waals surface area contributed by atoms with Gasteiger partial charge >= 0.3 is 11.6 Å². The van der Waals surface area contributed by atoms with Crippen molar-refractivity contribution in [2.75, 3.05) is 0 Å². The molecular weight excluding hydrogens is 296 g/mol. The topological polar surface area (TPSA) is 76.7 Å². The number of carbonyl (C=O) groups is 1. The lowest BCUT2D eigenvalue weighted by molar-refractivity contribution is 0.00670. The number of benzene rings is 2. The van der Waals surface area contributed by atoms with Gasteiger partial charge in [0.1, 0.15) is 22.5 Å². The average molecular weight is 312 g/mol. The normalized spacial score (nSPS) is 11.8. The zero-order chi connectivity index (χ0) is 16.8. The van der Waals surface area contributed by atoms with Crippen LogP contribution < -0.4 is 5.63 Å². The molecule has 0 unspecified atom stereocenters. The Labute approximate surface area is 132 Å². The quantitative estimate of drug-likeness (QED) is 0.422. The van der Waals surface area contributed by atoms with Crippen LogP contribution in [0.1, 0.15) is 31.1 Å². The molecule has 0 radical (unpaired) electrons. The number of para-hydroxylation sites is 1. The van der Waals surface area contributed by atoms with Crippen LogP contribution in [0.15, 0.2) is 45.6 Å². The van der Waals surface area contributed by atoms with Crippen molar-refractivity contribution in [1.29, 1.82) is 0 Å². The molecule has 0 saturated carbocycles. The molecule has 0 fully saturated rings. The summed E-state index contributed by atoms with van der Waals surface area (Å²) in [5.74, 6) is -0.924. The summed E-state index contributed by atoms with van der Waals surface area (Å²) < 4.78 is 10.5. The summed E-state index contributed by atoms with van der Waals surface area (Å²) in [6.07, 6.45) is 0. The van der Waals surface area contributed by atoms with Crippen molar-refractivity contribution >= 4 is 27.7 Å². The highest BCUT2D eigenvalue weighted by atomic mass is 16.6. The first-order valence-corrected chi connectivity index (χ1v) is 7.18. The van der Waals surface area contributed by atoms with Gasteiger partial charge in [0.25, 0.3) is 0 Å². The van der Waals surface area contributed by atoms with Crippen LogP contribution in [0.3, 0.4) is 0 Å². The molecule has 1 heterocycles. The molecule has 118 valence electrons. The number of rotatable bonds is 1. The lowest BCUT2D eigenvalue weighted by Gasteiger charge is -2.20. The van der Waals surface area contributed by atoms with E-state index >= 15 is 0 Å². The van der Waals surface area contributed by atoms with Gasteiger partial charge in [-0.2, -0.15) is 0 Å². The Morgan fingerprint density at radius 1 is 1.09 bits per heavy atom. The first kappa shape index (κ1) is 15.1. The number of phenolic OH excluding ortho intramolecular Hbond substituents is 1. The second-order valence-corrected chi connectivity index (χ2v) is 6.30. The van der Waals surface area contributed by atoms with Gasteiger partial charge in [-0.3, -0.25) is 0 Å². The van der Waals surface area contributed by atoms with Crippen molar-refractivity contribution in [2.24, 2.45) is 0 Å². The number of hydrogen-bond acceptors (Lipinski definition) is 5. The minimum atomic E-state index is -0.702. The van der Waals surface area contributed by atoms with Gasteiger partial charge in [-0.05, 0) is 39.0 Å². The molecule has 0 bridgehead atoms. The van der Waals surface area contributed by atoms with Crippen LogP contribution in [-0.4, -0.2) is 16.7 Å². The van der Waals surface area contributed by atoms with Crippen LogP contribution in [0.4, 0.5) is 0 Å². The fourth-order valence-electron chi connectivity index (χ4n) is 2.41. The number of aromatic hydroxyl groups is 1. The molecule has 0 aliphatic heterocycles. The molecule has 3 aromatic rings. The summed E-state index contributed by atoms with van der Waals surface area (Å²) in [5.41, 5.74) is -0.903. The second-order valence-electron chi connectivity index (χ2n) is 6.30. The van der Waals surface area contributed by atoms with Crippen molar-refractivity contribution in [2.45, 2.75) is 26.4 Å². The van der Waals surface area contributed by atoms with Gasteiger partial charge in [0, 0.05) is 10.8 Å². The molecule has 5 heteroatoms. The van der Waals surface area contributed by atoms with Gasteiger partial charge in [-0.1, -0.05) is 18.2 Å². The Kier molecular flexibility index (Phi) is 3.36. The summed E-state index contributed by atoms with van der Waals surface area (Å²) in [6.45, 7) is 5.18. The van der Waals surface area contributed by atoms with E-state index in [1.165, 1.54) is 12.1 Å². The Morgan fingerprint density at radius 3 is 2.48 bits per heavy atom. The first-order valence-electron chi connectivity index (χ1n) is 7.18. The van der Waals surface area contributed by atoms with Gasteiger partial charge in [0.15, 0.2) is 0 Å². The Bertz CT molecular complexity index is 976.